The second-order valence-corrected chi connectivity index (χ2v) is 8.18. The van der Waals surface area contributed by atoms with E-state index >= 15 is 0 Å². The predicted octanol–water partition coefficient (Wildman–Crippen LogP) is 4.27. The van der Waals surface area contributed by atoms with Crippen molar-refractivity contribution in [3.05, 3.63) is 11.6 Å². The first-order valence-electron chi connectivity index (χ1n) is 8.77. The van der Waals surface area contributed by atoms with E-state index in [4.69, 9.17) is 0 Å². The van der Waals surface area contributed by atoms with Crippen LogP contribution in [0.15, 0.2) is 11.6 Å². The summed E-state index contributed by atoms with van der Waals surface area (Å²) in [5.41, 5.74) is 1.69. The number of allylic oxidation sites excluding steroid dienone is 1. The molecule has 0 radical (unpaired) electrons. The van der Waals surface area contributed by atoms with E-state index in [0.717, 1.165) is 38.5 Å². The van der Waals surface area contributed by atoms with Gasteiger partial charge in [-0.25, -0.2) is 0 Å². The van der Waals surface area contributed by atoms with E-state index in [1.54, 1.807) is 0 Å². The third-order valence-electron chi connectivity index (χ3n) is 7.27. The Labute approximate surface area is 129 Å². The quantitative estimate of drug-likeness (QED) is 0.732. The summed E-state index contributed by atoms with van der Waals surface area (Å²) in [5, 5.41) is 9.98. The Morgan fingerprint density at radius 1 is 1.10 bits per heavy atom. The van der Waals surface area contributed by atoms with Crippen LogP contribution in [0.1, 0.15) is 72.1 Å². The van der Waals surface area contributed by atoms with Gasteiger partial charge in [-0.3, -0.25) is 4.79 Å². The van der Waals surface area contributed by atoms with Crippen LogP contribution in [0, 0.1) is 22.7 Å². The summed E-state index contributed by atoms with van der Waals surface area (Å²) >= 11 is 0. The van der Waals surface area contributed by atoms with Crippen molar-refractivity contribution in [1.82, 2.24) is 0 Å². The largest absolute Gasteiger partial charge is 0.393 e. The van der Waals surface area contributed by atoms with Crippen LogP contribution in [-0.4, -0.2) is 17.0 Å². The van der Waals surface area contributed by atoms with Gasteiger partial charge < -0.3 is 5.11 Å². The average molecular weight is 290 g/mol. The van der Waals surface area contributed by atoms with Gasteiger partial charge in [0.2, 0.25) is 0 Å². The molecule has 0 saturated heterocycles. The minimum absolute atomic E-state index is 0.0167. The molecule has 0 spiro atoms. The summed E-state index contributed by atoms with van der Waals surface area (Å²) < 4.78 is 0. The fourth-order valence-electron chi connectivity index (χ4n) is 5.50. The fraction of sp³-hybridized carbons (Fsp3) is 0.842. The van der Waals surface area contributed by atoms with Crippen LogP contribution < -0.4 is 0 Å². The summed E-state index contributed by atoms with van der Waals surface area (Å²) in [6.45, 7) is 6.75. The van der Waals surface area contributed by atoms with Crippen LogP contribution in [0.2, 0.25) is 0 Å². The van der Waals surface area contributed by atoms with Gasteiger partial charge in [0.15, 0.2) is 0 Å². The number of carbonyl (C=O) groups excluding carboxylic acids is 1. The van der Waals surface area contributed by atoms with Crippen molar-refractivity contribution in [2.24, 2.45) is 22.7 Å². The number of hydrogen-bond donors (Lipinski definition) is 1. The molecule has 3 aliphatic carbocycles. The SMILES string of the molecule is C/C=C1/CC(O)CCC1(C)C1CCC2(C)C(=O)CCC2C1. The van der Waals surface area contributed by atoms with Crippen LogP contribution in [0.25, 0.3) is 0 Å². The third kappa shape index (κ3) is 2.30. The molecule has 2 heteroatoms. The maximum absolute atomic E-state index is 12.2. The Morgan fingerprint density at radius 3 is 2.48 bits per heavy atom. The predicted molar refractivity (Wildman–Crippen MR) is 84.9 cm³/mol. The molecular formula is C19H30O2. The van der Waals surface area contributed by atoms with E-state index in [1.165, 1.54) is 18.4 Å². The first-order chi connectivity index (χ1) is 9.90. The normalized spacial score (nSPS) is 49.4. The lowest BCUT2D eigenvalue weighted by molar-refractivity contribution is -0.129. The van der Waals surface area contributed by atoms with Crippen LogP contribution in [0.4, 0.5) is 0 Å². The number of aliphatic hydroxyl groups is 1. The van der Waals surface area contributed by atoms with Gasteiger partial charge in [-0.1, -0.05) is 25.5 Å². The number of ketones is 1. The summed E-state index contributed by atoms with van der Waals surface area (Å²) in [6.07, 6.45) is 10.4. The molecule has 21 heavy (non-hydrogen) atoms. The Morgan fingerprint density at radius 2 is 1.76 bits per heavy atom. The Balaban J connectivity index is 1.80. The van der Waals surface area contributed by atoms with Gasteiger partial charge in [-0.15, -0.1) is 0 Å². The van der Waals surface area contributed by atoms with Gasteiger partial charge in [0.25, 0.3) is 0 Å². The van der Waals surface area contributed by atoms with Crippen LogP contribution in [0.3, 0.4) is 0 Å². The van der Waals surface area contributed by atoms with E-state index in [1.807, 2.05) is 0 Å². The maximum atomic E-state index is 12.2. The minimum atomic E-state index is -0.147. The summed E-state index contributed by atoms with van der Waals surface area (Å²) in [6, 6.07) is 0. The zero-order valence-electron chi connectivity index (χ0n) is 13.8. The molecular weight excluding hydrogens is 260 g/mol. The molecule has 1 N–H and O–H groups in total. The molecule has 0 aromatic heterocycles. The second kappa shape index (κ2) is 5.22. The number of aliphatic hydroxyl groups excluding tert-OH is 1. The molecule has 0 bridgehead atoms. The van der Waals surface area contributed by atoms with Gasteiger partial charge in [-0.05, 0) is 69.1 Å². The molecule has 3 saturated carbocycles. The molecule has 118 valence electrons. The maximum Gasteiger partial charge on any atom is 0.139 e. The van der Waals surface area contributed by atoms with Gasteiger partial charge >= 0.3 is 0 Å². The van der Waals surface area contributed by atoms with Crippen LogP contribution in [0.5, 0.6) is 0 Å². The fourth-order valence-corrected chi connectivity index (χ4v) is 5.50. The van der Waals surface area contributed by atoms with E-state index in [9.17, 15) is 9.90 Å². The highest BCUT2D eigenvalue weighted by Crippen LogP contribution is 2.58. The molecule has 3 aliphatic rings. The first-order valence-corrected chi connectivity index (χ1v) is 8.77. The molecule has 0 aromatic carbocycles. The zero-order chi connectivity index (χ0) is 15.3. The molecule has 3 rings (SSSR count). The standard InChI is InChI=1S/C19H30O2/c1-4-13-12-16(20)8-10-18(13,2)15-7-9-19(3)14(11-15)5-6-17(19)21/h4,14-16,20H,5-12H2,1-3H3/b13-4-. The lowest BCUT2D eigenvalue weighted by Crippen LogP contribution is -2.43. The molecule has 5 unspecified atom stereocenters. The smallest absolute Gasteiger partial charge is 0.139 e. The number of hydrogen-bond acceptors (Lipinski definition) is 2. The van der Waals surface area contributed by atoms with Gasteiger partial charge in [-0.2, -0.15) is 0 Å². The number of carbonyl (C=O) groups is 1. The second-order valence-electron chi connectivity index (χ2n) is 8.18. The minimum Gasteiger partial charge on any atom is -0.393 e. The summed E-state index contributed by atoms with van der Waals surface area (Å²) in [4.78, 5) is 12.2. The average Bonchev–Trinajstić information content (AvgIpc) is 2.77. The summed E-state index contributed by atoms with van der Waals surface area (Å²) in [7, 11) is 0. The Bertz CT molecular complexity index is 466. The molecule has 0 heterocycles. The Kier molecular flexibility index (Phi) is 3.80. The van der Waals surface area contributed by atoms with Crippen LogP contribution in [-0.2, 0) is 4.79 Å². The van der Waals surface area contributed by atoms with Crippen molar-refractivity contribution in [3.8, 4) is 0 Å². The first kappa shape index (κ1) is 15.3. The molecule has 3 fully saturated rings. The zero-order valence-corrected chi connectivity index (χ0v) is 13.8. The Hall–Kier alpha value is -0.630. The van der Waals surface area contributed by atoms with Gasteiger partial charge in [0, 0.05) is 11.8 Å². The topological polar surface area (TPSA) is 37.3 Å². The van der Waals surface area contributed by atoms with Crippen LogP contribution >= 0.6 is 0 Å². The summed E-state index contributed by atoms with van der Waals surface area (Å²) in [5.74, 6) is 1.81. The lowest BCUT2D eigenvalue weighted by Gasteiger charge is -2.50. The molecule has 2 nitrogen and oxygen atoms in total. The third-order valence-corrected chi connectivity index (χ3v) is 7.27. The highest BCUT2D eigenvalue weighted by atomic mass is 16.3. The molecule has 0 aromatic rings. The number of rotatable bonds is 1. The molecule has 0 amide bonds. The monoisotopic (exact) mass is 290 g/mol. The van der Waals surface area contributed by atoms with E-state index in [0.29, 0.717) is 17.6 Å². The highest BCUT2D eigenvalue weighted by Gasteiger charge is 2.52. The highest BCUT2D eigenvalue weighted by molar-refractivity contribution is 5.87. The van der Waals surface area contributed by atoms with E-state index in [-0.39, 0.29) is 16.9 Å². The van der Waals surface area contributed by atoms with E-state index in [2.05, 4.69) is 26.8 Å². The van der Waals surface area contributed by atoms with Gasteiger partial charge in [0.1, 0.15) is 5.78 Å². The van der Waals surface area contributed by atoms with Crippen molar-refractivity contribution in [2.45, 2.75) is 78.2 Å². The molecule has 5 atom stereocenters. The van der Waals surface area contributed by atoms with Crippen molar-refractivity contribution in [1.29, 1.82) is 0 Å². The van der Waals surface area contributed by atoms with Crippen molar-refractivity contribution in [3.63, 3.8) is 0 Å². The van der Waals surface area contributed by atoms with Gasteiger partial charge in [0.05, 0.1) is 6.10 Å². The van der Waals surface area contributed by atoms with Crippen molar-refractivity contribution >= 4 is 5.78 Å². The number of fused-ring (bicyclic) bond motifs is 1. The molecule has 0 aliphatic heterocycles. The number of Topliss-reactive ketones (excluding diaryl/α,β-unsaturated/α-hetero) is 1. The van der Waals surface area contributed by atoms with Crippen molar-refractivity contribution in [2.75, 3.05) is 0 Å². The van der Waals surface area contributed by atoms with Crippen molar-refractivity contribution < 1.29 is 9.90 Å². The van der Waals surface area contributed by atoms with E-state index < -0.39 is 0 Å². The lowest BCUT2D eigenvalue weighted by atomic mass is 9.55.